The molecule has 1 fully saturated rings. The smallest absolute Gasteiger partial charge is 0.407 e. The monoisotopic (exact) mass is 510 g/mol. The molecule has 5 rings (SSSR count). The summed E-state index contributed by atoms with van der Waals surface area (Å²) in [7, 11) is 0. The fourth-order valence-corrected chi connectivity index (χ4v) is 5.29. The van der Waals surface area contributed by atoms with E-state index in [0.29, 0.717) is 38.1 Å². The van der Waals surface area contributed by atoms with Crippen LogP contribution in [0.3, 0.4) is 0 Å². The Bertz CT molecular complexity index is 1350. The van der Waals surface area contributed by atoms with E-state index in [-0.39, 0.29) is 23.7 Å². The molecule has 0 aliphatic carbocycles. The van der Waals surface area contributed by atoms with Gasteiger partial charge < -0.3 is 19.6 Å². The Morgan fingerprint density at radius 3 is 2.51 bits per heavy atom. The van der Waals surface area contributed by atoms with Gasteiger partial charge in [-0.25, -0.2) is 13.6 Å². The molecule has 37 heavy (non-hydrogen) atoms. The van der Waals surface area contributed by atoms with Crippen LogP contribution < -0.4 is 9.64 Å². The molecule has 2 aliphatic rings. The number of carbonyl (C=O) groups excluding carboxylic acids is 1. The van der Waals surface area contributed by atoms with E-state index in [0.717, 1.165) is 40.9 Å². The number of hydrogen-bond donors (Lipinski definition) is 1. The van der Waals surface area contributed by atoms with E-state index in [2.05, 4.69) is 5.10 Å². The summed E-state index contributed by atoms with van der Waals surface area (Å²) in [5, 5.41) is 13.8. The Labute approximate surface area is 213 Å². The Kier molecular flexibility index (Phi) is 6.57. The number of piperidine rings is 1. The van der Waals surface area contributed by atoms with E-state index in [1.807, 2.05) is 29.9 Å². The fourth-order valence-electron chi connectivity index (χ4n) is 5.29. The normalized spacial score (nSPS) is 18.0. The molecule has 1 N–H and O–H groups in total. The maximum Gasteiger partial charge on any atom is 0.407 e. The van der Waals surface area contributed by atoms with Crippen molar-refractivity contribution in [1.29, 1.82) is 0 Å². The van der Waals surface area contributed by atoms with Crippen LogP contribution in [0.2, 0.25) is 0 Å². The molecule has 2 amide bonds. The Morgan fingerprint density at radius 1 is 1.08 bits per heavy atom. The van der Waals surface area contributed by atoms with Gasteiger partial charge in [-0.1, -0.05) is 0 Å². The van der Waals surface area contributed by atoms with Crippen molar-refractivity contribution in [2.75, 3.05) is 18.0 Å². The lowest BCUT2D eigenvalue weighted by molar-refractivity contribution is -0.117. The first-order valence-electron chi connectivity index (χ1n) is 12.3. The summed E-state index contributed by atoms with van der Waals surface area (Å²) < 4.78 is 35.6. The van der Waals surface area contributed by atoms with Crippen molar-refractivity contribution in [2.24, 2.45) is 0 Å². The first-order valence-corrected chi connectivity index (χ1v) is 12.3. The average Bonchev–Trinajstić information content (AvgIpc) is 3.36. The van der Waals surface area contributed by atoms with Crippen LogP contribution in [0.5, 0.6) is 11.5 Å². The molecule has 1 unspecified atom stereocenters. The molecular formula is C27H28F2N4O4. The average molecular weight is 511 g/mol. The minimum atomic E-state index is -1.01. The number of amides is 2. The number of benzene rings is 2. The van der Waals surface area contributed by atoms with Crippen LogP contribution in [0.4, 0.5) is 19.3 Å². The number of hydrogen-bond acceptors (Lipinski definition) is 4. The van der Waals surface area contributed by atoms with E-state index in [1.165, 1.54) is 17.9 Å². The molecule has 1 atom stereocenters. The SMILES string of the molecule is CC(=O)N1c2ccc(-c3cnn(C4CCN(C(=O)O)CC4)c3)c(Oc3ccc(F)c(F)c3)c2CCC1C. The van der Waals surface area contributed by atoms with Gasteiger partial charge in [0.1, 0.15) is 11.5 Å². The van der Waals surface area contributed by atoms with E-state index in [4.69, 9.17) is 4.74 Å². The second-order valence-electron chi connectivity index (χ2n) is 9.60. The van der Waals surface area contributed by atoms with Crippen LogP contribution in [0, 0.1) is 11.6 Å². The largest absolute Gasteiger partial charge is 0.465 e. The van der Waals surface area contributed by atoms with Gasteiger partial charge in [-0.3, -0.25) is 9.48 Å². The van der Waals surface area contributed by atoms with Gasteiger partial charge in [-0.2, -0.15) is 5.10 Å². The van der Waals surface area contributed by atoms with E-state index in [9.17, 15) is 23.5 Å². The quantitative estimate of drug-likeness (QED) is 0.492. The number of aromatic nitrogens is 2. The summed E-state index contributed by atoms with van der Waals surface area (Å²) in [6.07, 6.45) is 5.39. The number of halogens is 2. The van der Waals surface area contributed by atoms with Gasteiger partial charge in [0, 0.05) is 55.0 Å². The van der Waals surface area contributed by atoms with E-state index in [1.54, 1.807) is 11.1 Å². The highest BCUT2D eigenvalue weighted by atomic mass is 19.2. The Hall–Kier alpha value is -3.95. The van der Waals surface area contributed by atoms with Crippen molar-refractivity contribution in [1.82, 2.24) is 14.7 Å². The fraction of sp³-hybridized carbons (Fsp3) is 0.370. The molecule has 10 heteroatoms. The predicted octanol–water partition coefficient (Wildman–Crippen LogP) is 5.62. The summed E-state index contributed by atoms with van der Waals surface area (Å²) in [6.45, 7) is 4.40. The standard InChI is InChI=1S/C27H28F2N4O4/c1-16-3-5-22-25(33(16)17(2)34)8-6-21(26(22)37-20-4-7-23(28)24(29)13-20)18-14-30-32(15-18)19-9-11-31(12-10-19)27(35)36/h4,6-8,13-16,19H,3,5,9-12H2,1-2H3,(H,35,36). The van der Waals surface area contributed by atoms with Crippen molar-refractivity contribution in [3.05, 3.63) is 59.9 Å². The first-order chi connectivity index (χ1) is 17.7. The number of nitrogens with zero attached hydrogens (tertiary/aromatic N) is 4. The van der Waals surface area contributed by atoms with Gasteiger partial charge in [0.25, 0.3) is 0 Å². The van der Waals surface area contributed by atoms with Crippen molar-refractivity contribution in [3.63, 3.8) is 0 Å². The van der Waals surface area contributed by atoms with Crippen molar-refractivity contribution < 1.29 is 28.2 Å². The van der Waals surface area contributed by atoms with Gasteiger partial charge >= 0.3 is 6.09 Å². The zero-order valence-corrected chi connectivity index (χ0v) is 20.7. The van der Waals surface area contributed by atoms with E-state index < -0.39 is 17.7 Å². The highest BCUT2D eigenvalue weighted by Crippen LogP contribution is 2.45. The van der Waals surface area contributed by atoms with Crippen molar-refractivity contribution in [3.8, 4) is 22.6 Å². The Balaban J connectivity index is 1.54. The lowest BCUT2D eigenvalue weighted by Gasteiger charge is -2.36. The Morgan fingerprint density at radius 2 is 1.84 bits per heavy atom. The van der Waals surface area contributed by atoms with Gasteiger partial charge in [0.2, 0.25) is 5.91 Å². The molecule has 2 aliphatic heterocycles. The van der Waals surface area contributed by atoms with Crippen molar-refractivity contribution in [2.45, 2.75) is 51.6 Å². The minimum absolute atomic E-state index is 0.0198. The van der Waals surface area contributed by atoms with Gasteiger partial charge in [-0.05, 0) is 56.9 Å². The minimum Gasteiger partial charge on any atom is -0.465 e. The number of carbonyl (C=O) groups is 2. The summed E-state index contributed by atoms with van der Waals surface area (Å²) in [5.41, 5.74) is 3.05. The molecule has 0 radical (unpaired) electrons. The van der Waals surface area contributed by atoms with Crippen LogP contribution in [-0.2, 0) is 11.2 Å². The maximum atomic E-state index is 14.0. The molecule has 8 nitrogen and oxygen atoms in total. The maximum absolute atomic E-state index is 14.0. The van der Waals surface area contributed by atoms with Crippen LogP contribution in [-0.4, -0.2) is 50.9 Å². The lowest BCUT2D eigenvalue weighted by atomic mass is 9.92. The summed E-state index contributed by atoms with van der Waals surface area (Å²) in [6, 6.07) is 7.23. The summed E-state index contributed by atoms with van der Waals surface area (Å²) >= 11 is 0. The molecule has 194 valence electrons. The number of ether oxygens (including phenoxy) is 1. The molecule has 1 saturated heterocycles. The third kappa shape index (κ3) is 4.75. The topological polar surface area (TPSA) is 87.9 Å². The molecule has 0 spiro atoms. The van der Waals surface area contributed by atoms with Gasteiger partial charge in [-0.15, -0.1) is 0 Å². The number of carboxylic acid groups (broad SMARTS) is 1. The second kappa shape index (κ2) is 9.84. The zero-order chi connectivity index (χ0) is 26.3. The van der Waals surface area contributed by atoms with Gasteiger partial charge in [0.05, 0.1) is 17.9 Å². The molecular weight excluding hydrogens is 482 g/mol. The summed E-state index contributed by atoms with van der Waals surface area (Å²) in [4.78, 5) is 26.8. The zero-order valence-electron chi connectivity index (χ0n) is 20.7. The molecule has 2 aromatic carbocycles. The number of fused-ring (bicyclic) bond motifs is 1. The molecule has 1 aromatic heterocycles. The first kappa shape index (κ1) is 24.7. The number of rotatable bonds is 4. The second-order valence-corrected chi connectivity index (χ2v) is 9.60. The van der Waals surface area contributed by atoms with Crippen LogP contribution >= 0.6 is 0 Å². The van der Waals surface area contributed by atoms with Gasteiger partial charge in [0.15, 0.2) is 11.6 Å². The van der Waals surface area contributed by atoms with Crippen LogP contribution in [0.15, 0.2) is 42.7 Å². The predicted molar refractivity (Wildman–Crippen MR) is 133 cm³/mol. The lowest BCUT2D eigenvalue weighted by Crippen LogP contribution is -2.40. The number of anilines is 1. The molecule has 0 saturated carbocycles. The van der Waals surface area contributed by atoms with Crippen LogP contribution in [0.25, 0.3) is 11.1 Å². The third-order valence-electron chi connectivity index (χ3n) is 7.22. The third-order valence-corrected chi connectivity index (χ3v) is 7.22. The summed E-state index contributed by atoms with van der Waals surface area (Å²) in [5.74, 6) is -1.43. The van der Waals surface area contributed by atoms with Crippen LogP contribution in [0.1, 0.15) is 44.7 Å². The molecule has 3 heterocycles. The molecule has 0 bridgehead atoms. The van der Waals surface area contributed by atoms with Crippen molar-refractivity contribution >= 4 is 17.7 Å². The highest BCUT2D eigenvalue weighted by molar-refractivity contribution is 5.95. The van der Waals surface area contributed by atoms with E-state index >= 15 is 0 Å². The number of likely N-dealkylation sites (tertiary alicyclic amines) is 1. The highest BCUT2D eigenvalue weighted by Gasteiger charge is 2.31. The molecule has 3 aromatic rings.